The van der Waals surface area contributed by atoms with Crippen molar-refractivity contribution in [2.24, 2.45) is 4.99 Å². The third-order valence-corrected chi connectivity index (χ3v) is 4.62. The van der Waals surface area contributed by atoms with Crippen molar-refractivity contribution in [1.82, 2.24) is 15.6 Å². The molecule has 0 aromatic carbocycles. The quantitative estimate of drug-likeness (QED) is 0.618. The average molecular weight is 332 g/mol. The van der Waals surface area contributed by atoms with E-state index in [9.17, 15) is 0 Å². The Morgan fingerprint density at radius 1 is 1.29 bits per heavy atom. The van der Waals surface area contributed by atoms with Crippen molar-refractivity contribution in [1.29, 1.82) is 0 Å². The van der Waals surface area contributed by atoms with E-state index in [4.69, 9.17) is 9.47 Å². The molecule has 1 aromatic heterocycles. The molecule has 132 valence electrons. The molecule has 0 amide bonds. The molecular weight excluding hydrogens is 304 g/mol. The monoisotopic (exact) mass is 332 g/mol. The zero-order valence-corrected chi connectivity index (χ0v) is 14.5. The van der Waals surface area contributed by atoms with Crippen LogP contribution in [-0.2, 0) is 11.3 Å². The lowest BCUT2D eigenvalue weighted by Crippen LogP contribution is -2.40. The Morgan fingerprint density at radius 3 is 2.92 bits per heavy atom. The minimum atomic E-state index is 0.295. The lowest BCUT2D eigenvalue weighted by molar-refractivity contribution is 0.114. The van der Waals surface area contributed by atoms with Gasteiger partial charge in [-0.1, -0.05) is 6.07 Å². The van der Waals surface area contributed by atoms with Gasteiger partial charge in [0.15, 0.2) is 5.96 Å². The summed E-state index contributed by atoms with van der Waals surface area (Å²) in [5, 5.41) is 6.67. The van der Waals surface area contributed by atoms with Crippen molar-refractivity contribution < 1.29 is 9.47 Å². The van der Waals surface area contributed by atoms with Crippen molar-refractivity contribution in [3.05, 3.63) is 23.9 Å². The van der Waals surface area contributed by atoms with Crippen LogP contribution in [0.4, 0.5) is 0 Å². The van der Waals surface area contributed by atoms with Crippen LogP contribution in [-0.4, -0.2) is 43.4 Å². The summed E-state index contributed by atoms with van der Waals surface area (Å²) in [4.78, 5) is 8.69. The number of nitrogens with one attached hydrogen (secondary N) is 2. The molecule has 2 aliphatic rings. The second kappa shape index (κ2) is 8.87. The lowest BCUT2D eigenvalue weighted by Gasteiger charge is -2.17. The first-order valence-electron chi connectivity index (χ1n) is 9.02. The van der Waals surface area contributed by atoms with E-state index in [2.05, 4.69) is 26.7 Å². The molecule has 6 heteroatoms. The van der Waals surface area contributed by atoms with Gasteiger partial charge >= 0.3 is 0 Å². The molecule has 24 heavy (non-hydrogen) atoms. The van der Waals surface area contributed by atoms with Gasteiger partial charge < -0.3 is 20.1 Å². The summed E-state index contributed by atoms with van der Waals surface area (Å²) in [6.45, 7) is 2.30. The molecule has 1 unspecified atom stereocenters. The van der Waals surface area contributed by atoms with Crippen molar-refractivity contribution in [2.45, 2.75) is 57.3 Å². The molecule has 1 atom stereocenters. The fraction of sp³-hybridized carbons (Fsp3) is 0.667. The SMILES string of the molecule is CN=C(NCc1cccnc1OC1CCCC1)NCC1CCCO1. The summed E-state index contributed by atoms with van der Waals surface area (Å²) in [6, 6.07) is 4.00. The van der Waals surface area contributed by atoms with Crippen LogP contribution in [0.1, 0.15) is 44.1 Å². The second-order valence-electron chi connectivity index (χ2n) is 6.43. The molecule has 1 aliphatic carbocycles. The Labute approximate surface area is 144 Å². The highest BCUT2D eigenvalue weighted by Crippen LogP contribution is 2.24. The van der Waals surface area contributed by atoms with Gasteiger partial charge in [-0.3, -0.25) is 4.99 Å². The normalized spacial score (nSPS) is 21.9. The Balaban J connectivity index is 1.50. The molecule has 2 heterocycles. The van der Waals surface area contributed by atoms with Crippen LogP contribution in [0.5, 0.6) is 5.88 Å². The van der Waals surface area contributed by atoms with Gasteiger partial charge in [0.25, 0.3) is 0 Å². The summed E-state index contributed by atoms with van der Waals surface area (Å²) in [5.74, 6) is 1.52. The third kappa shape index (κ3) is 4.84. The van der Waals surface area contributed by atoms with E-state index in [1.54, 1.807) is 13.2 Å². The second-order valence-corrected chi connectivity index (χ2v) is 6.43. The predicted octanol–water partition coefficient (Wildman–Crippen LogP) is 2.25. The van der Waals surface area contributed by atoms with Gasteiger partial charge in [-0.2, -0.15) is 0 Å². The predicted molar refractivity (Wildman–Crippen MR) is 94.3 cm³/mol. The largest absolute Gasteiger partial charge is 0.474 e. The van der Waals surface area contributed by atoms with Crippen molar-refractivity contribution >= 4 is 5.96 Å². The van der Waals surface area contributed by atoms with Gasteiger partial charge in [0.2, 0.25) is 5.88 Å². The van der Waals surface area contributed by atoms with E-state index in [1.807, 2.05) is 6.07 Å². The summed E-state index contributed by atoms with van der Waals surface area (Å²) in [7, 11) is 1.78. The van der Waals surface area contributed by atoms with Gasteiger partial charge in [-0.05, 0) is 44.6 Å². The molecule has 3 rings (SSSR count). The number of aliphatic imine (C=N–C) groups is 1. The first-order valence-corrected chi connectivity index (χ1v) is 9.02. The Bertz CT molecular complexity index is 538. The minimum Gasteiger partial charge on any atom is -0.474 e. The Hall–Kier alpha value is -1.82. The molecule has 1 saturated carbocycles. The van der Waals surface area contributed by atoms with Crippen molar-refractivity contribution in [2.75, 3.05) is 20.2 Å². The smallest absolute Gasteiger partial charge is 0.218 e. The molecule has 2 fully saturated rings. The topological polar surface area (TPSA) is 67.8 Å². The van der Waals surface area contributed by atoms with Crippen LogP contribution >= 0.6 is 0 Å². The maximum absolute atomic E-state index is 6.08. The molecule has 1 saturated heterocycles. The molecule has 1 aliphatic heterocycles. The summed E-state index contributed by atoms with van der Waals surface area (Å²) >= 11 is 0. The van der Waals surface area contributed by atoms with Gasteiger partial charge in [0.1, 0.15) is 6.10 Å². The van der Waals surface area contributed by atoms with Gasteiger partial charge in [0, 0.05) is 38.5 Å². The van der Waals surface area contributed by atoms with Crippen molar-refractivity contribution in [3.63, 3.8) is 0 Å². The molecule has 0 radical (unpaired) electrons. The average Bonchev–Trinajstić information content (AvgIpc) is 3.30. The van der Waals surface area contributed by atoms with Crippen LogP contribution in [0, 0.1) is 0 Å². The molecule has 6 nitrogen and oxygen atoms in total. The number of hydrogen-bond donors (Lipinski definition) is 2. The maximum atomic E-state index is 6.08. The van der Waals surface area contributed by atoms with Crippen molar-refractivity contribution in [3.8, 4) is 5.88 Å². The molecular formula is C18H28N4O2. The number of nitrogens with zero attached hydrogens (tertiary/aromatic N) is 2. The van der Waals surface area contributed by atoms with Crippen LogP contribution in [0.2, 0.25) is 0 Å². The van der Waals surface area contributed by atoms with Crippen LogP contribution in [0.15, 0.2) is 23.3 Å². The number of ether oxygens (including phenoxy) is 2. The Kier molecular flexibility index (Phi) is 6.29. The number of guanidine groups is 1. The number of rotatable bonds is 6. The zero-order chi connectivity index (χ0) is 16.6. The van der Waals surface area contributed by atoms with E-state index >= 15 is 0 Å². The highest BCUT2D eigenvalue weighted by Gasteiger charge is 2.19. The van der Waals surface area contributed by atoms with Crippen LogP contribution in [0.25, 0.3) is 0 Å². The highest BCUT2D eigenvalue weighted by atomic mass is 16.5. The van der Waals surface area contributed by atoms with E-state index in [-0.39, 0.29) is 0 Å². The highest BCUT2D eigenvalue weighted by molar-refractivity contribution is 5.79. The standard InChI is InChI=1S/C18H28N4O2/c1-19-18(22-13-16-9-5-11-23-16)21-12-14-6-4-10-20-17(14)24-15-7-2-3-8-15/h4,6,10,15-16H,2-3,5,7-9,11-13H2,1H3,(H2,19,21,22). The van der Waals surface area contributed by atoms with E-state index < -0.39 is 0 Å². The van der Waals surface area contributed by atoms with E-state index in [0.29, 0.717) is 18.8 Å². The number of aromatic nitrogens is 1. The van der Waals surface area contributed by atoms with Gasteiger partial charge in [-0.25, -0.2) is 4.98 Å². The molecule has 0 bridgehead atoms. The van der Waals surface area contributed by atoms with Gasteiger partial charge in [-0.15, -0.1) is 0 Å². The number of hydrogen-bond acceptors (Lipinski definition) is 4. The first kappa shape index (κ1) is 17.0. The maximum Gasteiger partial charge on any atom is 0.218 e. The summed E-state index contributed by atoms with van der Waals surface area (Å²) in [6.07, 6.45) is 9.44. The molecule has 0 spiro atoms. The molecule has 2 N–H and O–H groups in total. The Morgan fingerprint density at radius 2 is 2.17 bits per heavy atom. The first-order chi connectivity index (χ1) is 11.8. The summed E-state index contributed by atoms with van der Waals surface area (Å²) < 4.78 is 11.7. The van der Waals surface area contributed by atoms with Crippen LogP contribution < -0.4 is 15.4 Å². The fourth-order valence-corrected chi connectivity index (χ4v) is 3.24. The minimum absolute atomic E-state index is 0.295. The lowest BCUT2D eigenvalue weighted by atomic mass is 10.2. The van der Waals surface area contributed by atoms with Crippen LogP contribution in [0.3, 0.4) is 0 Å². The van der Waals surface area contributed by atoms with Gasteiger partial charge in [0.05, 0.1) is 6.10 Å². The number of pyridine rings is 1. The zero-order valence-electron chi connectivity index (χ0n) is 14.5. The molecule has 1 aromatic rings. The van der Waals surface area contributed by atoms with E-state index in [1.165, 1.54) is 12.8 Å². The fourth-order valence-electron chi connectivity index (χ4n) is 3.24. The van der Waals surface area contributed by atoms with E-state index in [0.717, 1.165) is 56.2 Å². The summed E-state index contributed by atoms with van der Waals surface area (Å²) in [5.41, 5.74) is 1.06. The third-order valence-electron chi connectivity index (χ3n) is 4.62.